The molecule has 0 atom stereocenters. The van der Waals surface area contributed by atoms with Crippen molar-refractivity contribution in [2.75, 3.05) is 20.1 Å². The van der Waals surface area contributed by atoms with Crippen molar-refractivity contribution in [2.45, 2.75) is 46.6 Å². The van der Waals surface area contributed by atoms with Gasteiger partial charge in [-0.05, 0) is 70.3 Å². The SMILES string of the molecule is Cc1cc(C)c(CCN(C)C(C)(C)CN)cc1C. The predicted octanol–water partition coefficient (Wildman–Crippen LogP) is 2.82. The third-order valence-corrected chi connectivity index (χ3v) is 4.20. The van der Waals surface area contributed by atoms with E-state index in [1.165, 1.54) is 22.3 Å². The predicted molar refractivity (Wildman–Crippen MR) is 80.1 cm³/mol. The molecule has 2 N–H and O–H groups in total. The lowest BCUT2D eigenvalue weighted by molar-refractivity contribution is 0.166. The van der Waals surface area contributed by atoms with Crippen molar-refractivity contribution < 1.29 is 0 Å². The summed E-state index contributed by atoms with van der Waals surface area (Å²) in [7, 11) is 2.16. The Morgan fingerprint density at radius 3 is 2.17 bits per heavy atom. The Morgan fingerprint density at radius 1 is 1.06 bits per heavy atom. The van der Waals surface area contributed by atoms with Crippen LogP contribution < -0.4 is 5.73 Å². The van der Waals surface area contributed by atoms with E-state index in [-0.39, 0.29) is 5.54 Å². The Hall–Kier alpha value is -0.860. The summed E-state index contributed by atoms with van der Waals surface area (Å²) < 4.78 is 0. The van der Waals surface area contributed by atoms with Gasteiger partial charge in [0.2, 0.25) is 0 Å². The molecule has 0 unspecified atom stereocenters. The van der Waals surface area contributed by atoms with Gasteiger partial charge in [0.25, 0.3) is 0 Å². The lowest BCUT2D eigenvalue weighted by atomic mass is 9.97. The van der Waals surface area contributed by atoms with Gasteiger partial charge in [-0.15, -0.1) is 0 Å². The largest absolute Gasteiger partial charge is 0.329 e. The van der Waals surface area contributed by atoms with Crippen LogP contribution in [0.4, 0.5) is 0 Å². The first-order chi connectivity index (χ1) is 8.27. The zero-order chi connectivity index (χ0) is 13.9. The van der Waals surface area contributed by atoms with E-state index in [2.05, 4.69) is 58.7 Å². The van der Waals surface area contributed by atoms with Crippen molar-refractivity contribution in [3.8, 4) is 0 Å². The minimum absolute atomic E-state index is 0.0770. The monoisotopic (exact) mass is 248 g/mol. The van der Waals surface area contributed by atoms with Crippen molar-refractivity contribution in [1.29, 1.82) is 0 Å². The van der Waals surface area contributed by atoms with E-state index in [0.717, 1.165) is 13.0 Å². The van der Waals surface area contributed by atoms with Crippen LogP contribution in [-0.4, -0.2) is 30.6 Å². The number of benzene rings is 1. The highest BCUT2D eigenvalue weighted by Crippen LogP contribution is 2.17. The Morgan fingerprint density at radius 2 is 1.61 bits per heavy atom. The van der Waals surface area contributed by atoms with Gasteiger partial charge in [0, 0.05) is 18.6 Å². The van der Waals surface area contributed by atoms with Crippen molar-refractivity contribution in [3.63, 3.8) is 0 Å². The Balaban J connectivity index is 2.72. The van der Waals surface area contributed by atoms with E-state index in [1.54, 1.807) is 0 Å². The number of hydrogen-bond donors (Lipinski definition) is 1. The second kappa shape index (κ2) is 5.85. The number of rotatable bonds is 5. The topological polar surface area (TPSA) is 29.3 Å². The molecule has 1 rings (SSSR count). The third-order valence-electron chi connectivity index (χ3n) is 4.20. The van der Waals surface area contributed by atoms with Crippen LogP contribution in [0.15, 0.2) is 12.1 Å². The summed E-state index contributed by atoms with van der Waals surface area (Å²) in [5.74, 6) is 0. The first-order valence-corrected chi connectivity index (χ1v) is 6.76. The summed E-state index contributed by atoms with van der Waals surface area (Å²) >= 11 is 0. The number of likely N-dealkylation sites (N-methyl/N-ethyl adjacent to an activating group) is 1. The molecule has 0 aliphatic heterocycles. The first kappa shape index (κ1) is 15.2. The molecule has 0 amide bonds. The molecule has 0 saturated heterocycles. The van der Waals surface area contributed by atoms with Gasteiger partial charge < -0.3 is 5.73 Å². The maximum atomic E-state index is 5.81. The minimum atomic E-state index is 0.0770. The molecule has 0 bridgehead atoms. The number of aryl methyl sites for hydroxylation is 3. The maximum Gasteiger partial charge on any atom is 0.0272 e. The van der Waals surface area contributed by atoms with E-state index in [4.69, 9.17) is 5.73 Å². The van der Waals surface area contributed by atoms with Gasteiger partial charge in [-0.3, -0.25) is 4.90 Å². The van der Waals surface area contributed by atoms with Crippen LogP contribution in [0.2, 0.25) is 0 Å². The van der Waals surface area contributed by atoms with Crippen LogP contribution in [0.25, 0.3) is 0 Å². The third kappa shape index (κ3) is 3.56. The molecule has 0 aliphatic rings. The number of nitrogens with two attached hydrogens (primary N) is 1. The fraction of sp³-hybridized carbons (Fsp3) is 0.625. The molecular weight excluding hydrogens is 220 g/mol. The van der Waals surface area contributed by atoms with Crippen LogP contribution in [-0.2, 0) is 6.42 Å². The molecule has 18 heavy (non-hydrogen) atoms. The lowest BCUT2D eigenvalue weighted by Crippen LogP contribution is -2.47. The van der Waals surface area contributed by atoms with Gasteiger partial charge >= 0.3 is 0 Å². The Labute approximate surface area is 112 Å². The number of nitrogens with zero attached hydrogens (tertiary/aromatic N) is 1. The molecule has 102 valence electrons. The lowest BCUT2D eigenvalue weighted by Gasteiger charge is -2.34. The summed E-state index contributed by atoms with van der Waals surface area (Å²) in [5.41, 5.74) is 11.5. The summed E-state index contributed by atoms with van der Waals surface area (Å²) in [6.45, 7) is 12.7. The van der Waals surface area contributed by atoms with Crippen LogP contribution in [0.5, 0.6) is 0 Å². The Bertz CT molecular complexity index is 408. The van der Waals surface area contributed by atoms with Crippen LogP contribution in [0.3, 0.4) is 0 Å². The van der Waals surface area contributed by atoms with Crippen molar-refractivity contribution >= 4 is 0 Å². The first-order valence-electron chi connectivity index (χ1n) is 6.76. The smallest absolute Gasteiger partial charge is 0.0272 e. The van der Waals surface area contributed by atoms with Crippen LogP contribution in [0.1, 0.15) is 36.1 Å². The standard InChI is InChI=1S/C16H28N2/c1-12-9-14(3)15(10-13(12)2)7-8-18(6)16(4,5)11-17/h9-10H,7-8,11,17H2,1-6H3. The highest BCUT2D eigenvalue weighted by molar-refractivity contribution is 5.36. The molecule has 2 nitrogen and oxygen atoms in total. The van der Waals surface area contributed by atoms with Gasteiger partial charge in [0.15, 0.2) is 0 Å². The van der Waals surface area contributed by atoms with E-state index in [1.807, 2.05) is 0 Å². The molecule has 0 spiro atoms. The summed E-state index contributed by atoms with van der Waals surface area (Å²) in [5, 5.41) is 0. The highest BCUT2D eigenvalue weighted by atomic mass is 15.2. The molecule has 1 aromatic carbocycles. The maximum absolute atomic E-state index is 5.81. The minimum Gasteiger partial charge on any atom is -0.329 e. The van der Waals surface area contributed by atoms with E-state index < -0.39 is 0 Å². The zero-order valence-electron chi connectivity index (χ0n) is 12.8. The van der Waals surface area contributed by atoms with Crippen molar-refractivity contribution in [2.24, 2.45) is 5.73 Å². The summed E-state index contributed by atoms with van der Waals surface area (Å²) in [6.07, 6.45) is 1.09. The molecule has 0 radical (unpaired) electrons. The fourth-order valence-corrected chi connectivity index (χ4v) is 2.04. The quantitative estimate of drug-likeness (QED) is 0.868. The zero-order valence-corrected chi connectivity index (χ0v) is 12.8. The van der Waals surface area contributed by atoms with E-state index in [0.29, 0.717) is 6.54 Å². The van der Waals surface area contributed by atoms with Crippen LogP contribution in [0, 0.1) is 20.8 Å². The average Bonchev–Trinajstić information content (AvgIpc) is 2.31. The van der Waals surface area contributed by atoms with E-state index in [9.17, 15) is 0 Å². The second-order valence-electron chi connectivity index (χ2n) is 6.05. The molecule has 1 aromatic rings. The van der Waals surface area contributed by atoms with Gasteiger partial charge in [-0.2, -0.15) is 0 Å². The molecule has 0 saturated carbocycles. The molecule has 0 fully saturated rings. The van der Waals surface area contributed by atoms with Gasteiger partial charge in [-0.25, -0.2) is 0 Å². The molecule has 0 aromatic heterocycles. The molecular formula is C16H28N2. The van der Waals surface area contributed by atoms with E-state index >= 15 is 0 Å². The fourth-order valence-electron chi connectivity index (χ4n) is 2.04. The summed E-state index contributed by atoms with van der Waals surface area (Å²) in [4.78, 5) is 2.35. The van der Waals surface area contributed by atoms with Crippen molar-refractivity contribution in [1.82, 2.24) is 4.90 Å². The second-order valence-corrected chi connectivity index (χ2v) is 6.05. The summed E-state index contributed by atoms with van der Waals surface area (Å²) in [6, 6.07) is 4.62. The van der Waals surface area contributed by atoms with Gasteiger partial charge in [-0.1, -0.05) is 12.1 Å². The van der Waals surface area contributed by atoms with Gasteiger partial charge in [0.1, 0.15) is 0 Å². The molecule has 2 heteroatoms. The van der Waals surface area contributed by atoms with Crippen LogP contribution >= 0.6 is 0 Å². The molecule has 0 heterocycles. The van der Waals surface area contributed by atoms with Gasteiger partial charge in [0.05, 0.1) is 0 Å². The Kier molecular flexibility index (Phi) is 4.94. The van der Waals surface area contributed by atoms with Crippen molar-refractivity contribution in [3.05, 3.63) is 34.4 Å². The number of hydrogen-bond acceptors (Lipinski definition) is 2. The highest BCUT2D eigenvalue weighted by Gasteiger charge is 2.21. The molecule has 0 aliphatic carbocycles. The average molecular weight is 248 g/mol. The normalized spacial score (nSPS) is 12.2.